The maximum absolute atomic E-state index is 13.1. The monoisotopic (exact) mass is 213 g/mol. The lowest BCUT2D eigenvalue weighted by Gasteiger charge is -2.12. The van der Waals surface area contributed by atoms with Crippen LogP contribution in [0.2, 0.25) is 5.02 Å². The fourth-order valence-electron chi connectivity index (χ4n) is 2.10. The van der Waals surface area contributed by atoms with Crippen molar-refractivity contribution >= 4 is 11.6 Å². The van der Waals surface area contributed by atoms with Gasteiger partial charge in [-0.25, -0.2) is 4.39 Å². The molecule has 2 rings (SSSR count). The fraction of sp³-hybridized carbons (Fsp3) is 0.455. The van der Waals surface area contributed by atoms with Crippen LogP contribution in [0.5, 0.6) is 0 Å². The van der Waals surface area contributed by atoms with Gasteiger partial charge in [-0.2, -0.15) is 0 Å². The number of benzene rings is 1. The van der Waals surface area contributed by atoms with Crippen molar-refractivity contribution in [1.82, 2.24) is 5.32 Å². The lowest BCUT2D eigenvalue weighted by Crippen LogP contribution is -2.18. The minimum Gasteiger partial charge on any atom is -0.310 e. The molecule has 1 aliphatic carbocycles. The Morgan fingerprint density at radius 3 is 3.07 bits per heavy atom. The summed E-state index contributed by atoms with van der Waals surface area (Å²) < 4.78 is 13.1. The molecule has 0 amide bonds. The number of nitrogens with one attached hydrogen (secondary N) is 1. The van der Waals surface area contributed by atoms with Crippen LogP contribution in [0, 0.1) is 5.82 Å². The molecule has 0 aromatic heterocycles. The Morgan fingerprint density at radius 2 is 2.36 bits per heavy atom. The molecule has 14 heavy (non-hydrogen) atoms. The van der Waals surface area contributed by atoms with E-state index in [-0.39, 0.29) is 11.9 Å². The van der Waals surface area contributed by atoms with Crippen molar-refractivity contribution in [3.05, 3.63) is 34.1 Å². The highest BCUT2D eigenvalue weighted by molar-refractivity contribution is 6.31. The Labute approximate surface area is 88.3 Å². The topological polar surface area (TPSA) is 12.0 Å². The predicted octanol–water partition coefficient (Wildman–Crippen LogP) is 3.08. The smallest absolute Gasteiger partial charge is 0.125 e. The van der Waals surface area contributed by atoms with Crippen molar-refractivity contribution in [2.75, 3.05) is 6.54 Å². The van der Waals surface area contributed by atoms with Crippen molar-refractivity contribution in [2.45, 2.75) is 25.8 Å². The third kappa shape index (κ3) is 1.64. The van der Waals surface area contributed by atoms with Gasteiger partial charge in [0.25, 0.3) is 0 Å². The Hall–Kier alpha value is -0.600. The van der Waals surface area contributed by atoms with Gasteiger partial charge >= 0.3 is 0 Å². The molecule has 76 valence electrons. The standard InChI is InChI=1S/C11H13ClFN/c1-2-14-11-4-3-8-9(11)5-7(13)6-10(8)12/h5-6,11,14H,2-4H2,1H3. The molecule has 0 saturated heterocycles. The van der Waals surface area contributed by atoms with E-state index in [0.717, 1.165) is 30.5 Å². The highest BCUT2D eigenvalue weighted by atomic mass is 35.5. The molecule has 0 spiro atoms. The average molecular weight is 214 g/mol. The largest absolute Gasteiger partial charge is 0.310 e. The summed E-state index contributed by atoms with van der Waals surface area (Å²) in [6.07, 6.45) is 1.97. The van der Waals surface area contributed by atoms with Gasteiger partial charge in [0.15, 0.2) is 0 Å². The van der Waals surface area contributed by atoms with Crippen LogP contribution in [-0.4, -0.2) is 6.54 Å². The van der Waals surface area contributed by atoms with E-state index in [9.17, 15) is 4.39 Å². The summed E-state index contributed by atoms with van der Waals surface area (Å²) in [7, 11) is 0. The van der Waals surface area contributed by atoms with Gasteiger partial charge in [-0.3, -0.25) is 0 Å². The Bertz CT molecular complexity index is 351. The van der Waals surface area contributed by atoms with Crippen LogP contribution in [0.3, 0.4) is 0 Å². The van der Waals surface area contributed by atoms with Gasteiger partial charge in [-0.1, -0.05) is 18.5 Å². The Balaban J connectivity index is 2.38. The van der Waals surface area contributed by atoms with Crippen LogP contribution in [0.25, 0.3) is 0 Å². The maximum Gasteiger partial charge on any atom is 0.125 e. The third-order valence-electron chi connectivity index (χ3n) is 2.70. The van der Waals surface area contributed by atoms with Crippen molar-refractivity contribution < 1.29 is 4.39 Å². The van der Waals surface area contributed by atoms with Crippen LogP contribution < -0.4 is 5.32 Å². The second kappa shape index (κ2) is 3.87. The summed E-state index contributed by atoms with van der Waals surface area (Å²) in [5.74, 6) is -0.237. The molecule has 0 aliphatic heterocycles. The van der Waals surface area contributed by atoms with E-state index < -0.39 is 0 Å². The zero-order valence-electron chi connectivity index (χ0n) is 8.11. The fourth-order valence-corrected chi connectivity index (χ4v) is 2.41. The van der Waals surface area contributed by atoms with Crippen molar-refractivity contribution in [3.63, 3.8) is 0 Å². The van der Waals surface area contributed by atoms with E-state index >= 15 is 0 Å². The Morgan fingerprint density at radius 1 is 1.57 bits per heavy atom. The molecular formula is C11H13ClFN. The predicted molar refractivity (Wildman–Crippen MR) is 56.1 cm³/mol. The van der Waals surface area contributed by atoms with E-state index in [1.807, 2.05) is 0 Å². The van der Waals surface area contributed by atoms with Gasteiger partial charge in [0.2, 0.25) is 0 Å². The molecule has 1 aromatic carbocycles. The highest BCUT2D eigenvalue weighted by Crippen LogP contribution is 2.36. The molecular weight excluding hydrogens is 201 g/mol. The van der Waals surface area contributed by atoms with Gasteiger partial charge in [0, 0.05) is 11.1 Å². The minimum atomic E-state index is -0.237. The van der Waals surface area contributed by atoms with Gasteiger partial charge in [0.05, 0.1) is 0 Å². The second-order valence-corrected chi connectivity index (χ2v) is 4.01. The van der Waals surface area contributed by atoms with E-state index in [0.29, 0.717) is 5.02 Å². The highest BCUT2D eigenvalue weighted by Gasteiger charge is 2.24. The van der Waals surface area contributed by atoms with Crippen molar-refractivity contribution in [2.24, 2.45) is 0 Å². The summed E-state index contributed by atoms with van der Waals surface area (Å²) in [5.41, 5.74) is 2.15. The van der Waals surface area contributed by atoms with Crippen molar-refractivity contribution in [1.29, 1.82) is 0 Å². The van der Waals surface area contributed by atoms with Gasteiger partial charge < -0.3 is 5.32 Å². The van der Waals surface area contributed by atoms with Crippen molar-refractivity contribution in [3.8, 4) is 0 Å². The van der Waals surface area contributed by atoms with Crippen LogP contribution in [-0.2, 0) is 6.42 Å². The normalized spacial score (nSPS) is 19.8. The minimum absolute atomic E-state index is 0.237. The first-order valence-corrected chi connectivity index (χ1v) is 5.31. The van der Waals surface area contributed by atoms with E-state index in [4.69, 9.17) is 11.6 Å². The lowest BCUT2D eigenvalue weighted by atomic mass is 10.1. The second-order valence-electron chi connectivity index (χ2n) is 3.60. The molecule has 0 radical (unpaired) electrons. The molecule has 1 nitrogen and oxygen atoms in total. The third-order valence-corrected chi connectivity index (χ3v) is 3.04. The van der Waals surface area contributed by atoms with Gasteiger partial charge in [-0.15, -0.1) is 0 Å². The molecule has 3 heteroatoms. The molecule has 0 saturated carbocycles. The first kappa shape index (κ1) is 9.94. The number of halogens is 2. The summed E-state index contributed by atoms with van der Waals surface area (Å²) >= 11 is 5.97. The van der Waals surface area contributed by atoms with E-state index in [1.54, 1.807) is 6.07 Å². The summed E-state index contributed by atoms with van der Waals surface area (Å²) in [5, 5.41) is 3.90. The molecule has 1 N–H and O–H groups in total. The molecule has 0 heterocycles. The molecule has 1 aromatic rings. The molecule has 1 aliphatic rings. The quantitative estimate of drug-likeness (QED) is 0.796. The zero-order valence-corrected chi connectivity index (χ0v) is 8.87. The van der Waals surface area contributed by atoms with E-state index in [2.05, 4.69) is 12.2 Å². The first-order chi connectivity index (χ1) is 6.72. The summed E-state index contributed by atoms with van der Waals surface area (Å²) in [6, 6.07) is 3.28. The van der Waals surface area contributed by atoms with Crippen LogP contribution in [0.1, 0.15) is 30.5 Å². The van der Waals surface area contributed by atoms with Crippen LogP contribution >= 0.6 is 11.6 Å². The van der Waals surface area contributed by atoms with E-state index in [1.165, 1.54) is 6.07 Å². The summed E-state index contributed by atoms with van der Waals surface area (Å²) in [6.45, 7) is 2.96. The number of rotatable bonds is 2. The SMILES string of the molecule is CCNC1CCc2c(Cl)cc(F)cc21. The first-order valence-electron chi connectivity index (χ1n) is 4.93. The van der Waals surface area contributed by atoms with Gasteiger partial charge in [-0.05, 0) is 42.6 Å². The zero-order chi connectivity index (χ0) is 10.1. The van der Waals surface area contributed by atoms with Gasteiger partial charge in [0.1, 0.15) is 5.82 Å². The van der Waals surface area contributed by atoms with Crippen LogP contribution in [0.15, 0.2) is 12.1 Å². The number of fused-ring (bicyclic) bond motifs is 1. The summed E-state index contributed by atoms with van der Waals surface area (Å²) in [4.78, 5) is 0. The molecule has 1 unspecified atom stereocenters. The van der Waals surface area contributed by atoms with Crippen LogP contribution in [0.4, 0.5) is 4.39 Å². The molecule has 0 bridgehead atoms. The lowest BCUT2D eigenvalue weighted by molar-refractivity contribution is 0.545. The molecule has 1 atom stereocenters. The molecule has 0 fully saturated rings. The Kier molecular flexibility index (Phi) is 2.75. The maximum atomic E-state index is 13.1. The average Bonchev–Trinajstić information content (AvgIpc) is 2.49. The number of hydrogen-bond acceptors (Lipinski definition) is 1. The number of hydrogen-bond donors (Lipinski definition) is 1.